The third kappa shape index (κ3) is 3.95. The van der Waals surface area contributed by atoms with Crippen molar-refractivity contribution in [3.63, 3.8) is 0 Å². The Bertz CT molecular complexity index is 759. The van der Waals surface area contributed by atoms with Gasteiger partial charge in [-0.2, -0.15) is 0 Å². The summed E-state index contributed by atoms with van der Waals surface area (Å²) in [5.41, 5.74) is 0.767. The van der Waals surface area contributed by atoms with Gasteiger partial charge in [-0.1, -0.05) is 15.9 Å². The molecule has 0 unspecified atom stereocenters. The summed E-state index contributed by atoms with van der Waals surface area (Å²) in [5.74, 6) is -0.989. The summed E-state index contributed by atoms with van der Waals surface area (Å²) in [4.78, 5) is 51.3. The number of amides is 4. The molecule has 138 valence electrons. The first-order valence-corrected chi connectivity index (χ1v) is 9.47. The Balaban J connectivity index is 1.43. The fourth-order valence-corrected chi connectivity index (χ4v) is 3.57. The van der Waals surface area contributed by atoms with E-state index in [-0.39, 0.29) is 43.1 Å². The van der Waals surface area contributed by atoms with E-state index in [0.717, 1.165) is 30.4 Å². The van der Waals surface area contributed by atoms with Gasteiger partial charge < -0.3 is 10.2 Å². The molecule has 0 radical (unpaired) electrons. The highest BCUT2D eigenvalue weighted by Gasteiger charge is 2.35. The van der Waals surface area contributed by atoms with Crippen LogP contribution in [0.25, 0.3) is 0 Å². The molecule has 1 saturated heterocycles. The van der Waals surface area contributed by atoms with Crippen LogP contribution in [0.4, 0.5) is 0 Å². The molecule has 2 aliphatic heterocycles. The zero-order valence-corrected chi connectivity index (χ0v) is 15.9. The Morgan fingerprint density at radius 3 is 2.50 bits per heavy atom. The van der Waals surface area contributed by atoms with Crippen LogP contribution in [0.5, 0.6) is 0 Å². The van der Waals surface area contributed by atoms with E-state index in [1.807, 2.05) is 0 Å². The molecule has 26 heavy (non-hydrogen) atoms. The minimum Gasteiger partial charge on any atom is -0.347 e. The molecule has 1 aromatic carbocycles. The number of carbonyl (C=O) groups is 4. The first-order chi connectivity index (χ1) is 12.5. The first-order valence-electron chi connectivity index (χ1n) is 8.67. The highest BCUT2D eigenvalue weighted by Crippen LogP contribution is 2.26. The van der Waals surface area contributed by atoms with Gasteiger partial charge in [0.25, 0.3) is 11.8 Å². The normalized spacial score (nSPS) is 16.2. The molecule has 0 atom stereocenters. The topological polar surface area (TPSA) is 86.8 Å². The fourth-order valence-electron chi connectivity index (χ4n) is 3.20. The Kier molecular flexibility index (Phi) is 5.70. The predicted molar refractivity (Wildman–Crippen MR) is 97.6 cm³/mol. The Morgan fingerprint density at radius 1 is 1.08 bits per heavy atom. The van der Waals surface area contributed by atoms with Crippen molar-refractivity contribution in [3.05, 3.63) is 33.8 Å². The lowest BCUT2D eigenvalue weighted by Gasteiger charge is -2.16. The number of imide groups is 1. The van der Waals surface area contributed by atoms with E-state index < -0.39 is 0 Å². The van der Waals surface area contributed by atoms with Crippen LogP contribution in [0.15, 0.2) is 22.7 Å². The third-order valence-electron chi connectivity index (χ3n) is 4.61. The third-order valence-corrected chi connectivity index (χ3v) is 5.11. The SMILES string of the molecule is O=C(CCCN1C(=O)c2ccc(Br)cc2C1=O)NCC(=O)N1CCCC1. The summed E-state index contributed by atoms with van der Waals surface area (Å²) in [5, 5.41) is 2.61. The van der Waals surface area contributed by atoms with Gasteiger partial charge in [0.1, 0.15) is 0 Å². The maximum atomic E-state index is 12.3. The van der Waals surface area contributed by atoms with Gasteiger partial charge in [0.15, 0.2) is 0 Å². The maximum absolute atomic E-state index is 12.3. The lowest BCUT2D eigenvalue weighted by atomic mass is 10.1. The molecule has 0 aromatic heterocycles. The van der Waals surface area contributed by atoms with Gasteiger partial charge in [-0.25, -0.2) is 0 Å². The van der Waals surface area contributed by atoms with Crippen molar-refractivity contribution >= 4 is 39.6 Å². The molecule has 1 fully saturated rings. The Hall–Kier alpha value is -2.22. The summed E-state index contributed by atoms with van der Waals surface area (Å²) >= 11 is 3.29. The summed E-state index contributed by atoms with van der Waals surface area (Å²) in [6.45, 7) is 1.69. The summed E-state index contributed by atoms with van der Waals surface area (Å²) in [6.07, 6.45) is 2.54. The van der Waals surface area contributed by atoms with Gasteiger partial charge in [0.05, 0.1) is 17.7 Å². The van der Waals surface area contributed by atoms with Crippen LogP contribution in [0, 0.1) is 0 Å². The van der Waals surface area contributed by atoms with Crippen LogP contribution in [-0.4, -0.2) is 59.6 Å². The predicted octanol–water partition coefficient (Wildman–Crippen LogP) is 1.56. The van der Waals surface area contributed by atoms with E-state index in [0.29, 0.717) is 17.5 Å². The van der Waals surface area contributed by atoms with Crippen LogP contribution >= 0.6 is 15.9 Å². The number of likely N-dealkylation sites (tertiary alicyclic amines) is 1. The fraction of sp³-hybridized carbons (Fsp3) is 0.444. The molecule has 0 bridgehead atoms. The molecule has 0 spiro atoms. The molecule has 7 nitrogen and oxygen atoms in total. The van der Waals surface area contributed by atoms with Gasteiger partial charge in [0, 0.05) is 30.5 Å². The van der Waals surface area contributed by atoms with Crippen molar-refractivity contribution in [2.24, 2.45) is 0 Å². The van der Waals surface area contributed by atoms with Gasteiger partial charge in [-0.3, -0.25) is 24.1 Å². The lowest BCUT2D eigenvalue weighted by molar-refractivity contribution is -0.132. The molecule has 0 aliphatic carbocycles. The van der Waals surface area contributed by atoms with E-state index in [9.17, 15) is 19.2 Å². The van der Waals surface area contributed by atoms with E-state index >= 15 is 0 Å². The monoisotopic (exact) mass is 421 g/mol. The van der Waals surface area contributed by atoms with E-state index in [1.165, 1.54) is 4.90 Å². The number of benzene rings is 1. The smallest absolute Gasteiger partial charge is 0.261 e. The molecule has 4 amide bonds. The highest BCUT2D eigenvalue weighted by molar-refractivity contribution is 9.10. The van der Waals surface area contributed by atoms with Gasteiger partial charge in [-0.15, -0.1) is 0 Å². The van der Waals surface area contributed by atoms with Crippen LogP contribution in [-0.2, 0) is 9.59 Å². The minimum atomic E-state index is -0.337. The van der Waals surface area contributed by atoms with E-state index in [2.05, 4.69) is 21.2 Å². The Morgan fingerprint density at radius 2 is 1.77 bits per heavy atom. The molecule has 3 rings (SSSR count). The number of nitrogens with one attached hydrogen (secondary N) is 1. The second-order valence-electron chi connectivity index (χ2n) is 6.42. The molecule has 8 heteroatoms. The van der Waals surface area contributed by atoms with Gasteiger partial charge in [0.2, 0.25) is 11.8 Å². The number of rotatable bonds is 6. The second-order valence-corrected chi connectivity index (χ2v) is 7.34. The van der Waals surface area contributed by atoms with Crippen molar-refractivity contribution in [1.82, 2.24) is 15.1 Å². The summed E-state index contributed by atoms with van der Waals surface area (Å²) in [7, 11) is 0. The number of hydrogen-bond acceptors (Lipinski definition) is 4. The summed E-state index contributed by atoms with van der Waals surface area (Å²) < 4.78 is 0.737. The average Bonchev–Trinajstić information content (AvgIpc) is 3.23. The zero-order valence-electron chi connectivity index (χ0n) is 14.3. The quantitative estimate of drug-likeness (QED) is 0.706. The molecule has 2 aliphatic rings. The molecular weight excluding hydrogens is 402 g/mol. The molecule has 0 saturated carbocycles. The number of hydrogen-bond donors (Lipinski definition) is 1. The molecule has 1 aromatic rings. The van der Waals surface area contributed by atoms with E-state index in [4.69, 9.17) is 0 Å². The van der Waals surface area contributed by atoms with Crippen molar-refractivity contribution in [2.75, 3.05) is 26.2 Å². The molecule has 2 heterocycles. The van der Waals surface area contributed by atoms with Crippen LogP contribution in [0.3, 0.4) is 0 Å². The van der Waals surface area contributed by atoms with Crippen molar-refractivity contribution in [3.8, 4) is 0 Å². The first kappa shape index (κ1) is 18.6. The second kappa shape index (κ2) is 7.99. The number of halogens is 1. The molecule has 1 N–H and O–H groups in total. The van der Waals surface area contributed by atoms with Crippen molar-refractivity contribution in [1.29, 1.82) is 0 Å². The van der Waals surface area contributed by atoms with E-state index in [1.54, 1.807) is 23.1 Å². The van der Waals surface area contributed by atoms with Gasteiger partial charge in [-0.05, 0) is 37.5 Å². The van der Waals surface area contributed by atoms with Crippen molar-refractivity contribution < 1.29 is 19.2 Å². The minimum absolute atomic E-state index is 0.000122. The largest absolute Gasteiger partial charge is 0.347 e. The molecular formula is C18H20BrN3O4. The average molecular weight is 422 g/mol. The van der Waals surface area contributed by atoms with Crippen LogP contribution in [0.2, 0.25) is 0 Å². The number of nitrogens with zero attached hydrogens (tertiary/aromatic N) is 2. The standard InChI is InChI=1S/C18H20BrN3O4/c19-12-5-6-13-14(10-12)18(26)22(17(13)25)9-3-4-15(23)20-11-16(24)21-7-1-2-8-21/h5-6,10H,1-4,7-9,11H2,(H,20,23). The van der Waals surface area contributed by atoms with Gasteiger partial charge >= 0.3 is 0 Å². The Labute approximate surface area is 159 Å². The zero-order chi connectivity index (χ0) is 18.7. The highest BCUT2D eigenvalue weighted by atomic mass is 79.9. The van der Waals surface area contributed by atoms with Crippen LogP contribution in [0.1, 0.15) is 46.4 Å². The van der Waals surface area contributed by atoms with Crippen molar-refractivity contribution in [2.45, 2.75) is 25.7 Å². The number of carbonyl (C=O) groups excluding carboxylic acids is 4. The lowest BCUT2D eigenvalue weighted by Crippen LogP contribution is -2.39. The van der Waals surface area contributed by atoms with Crippen LogP contribution < -0.4 is 5.32 Å². The maximum Gasteiger partial charge on any atom is 0.261 e. The summed E-state index contributed by atoms with van der Waals surface area (Å²) in [6, 6.07) is 4.97. The number of fused-ring (bicyclic) bond motifs is 1.